The number of nitro benzene ring substituents is 1. The Morgan fingerprint density at radius 2 is 1.83 bits per heavy atom. The number of nitrogens with zero attached hydrogens (tertiary/aromatic N) is 3. The molecule has 0 radical (unpaired) electrons. The van der Waals surface area contributed by atoms with Crippen molar-refractivity contribution in [2.45, 2.75) is 25.1 Å². The van der Waals surface area contributed by atoms with E-state index in [1.807, 2.05) is 6.07 Å². The van der Waals surface area contributed by atoms with E-state index in [-0.39, 0.29) is 37.8 Å². The van der Waals surface area contributed by atoms with E-state index in [0.29, 0.717) is 11.3 Å². The van der Waals surface area contributed by atoms with Crippen molar-refractivity contribution in [1.29, 1.82) is 0 Å². The minimum absolute atomic E-state index is 0.109. The summed E-state index contributed by atoms with van der Waals surface area (Å²) in [5, 5.41) is 15.8. The third kappa shape index (κ3) is 7.11. The first kappa shape index (κ1) is 24.9. The van der Waals surface area contributed by atoms with Crippen molar-refractivity contribution in [3.63, 3.8) is 0 Å². The van der Waals surface area contributed by atoms with Gasteiger partial charge in [0.05, 0.1) is 17.6 Å². The third-order valence-corrected chi connectivity index (χ3v) is 4.89. The molecule has 3 rings (SSSR count). The van der Waals surface area contributed by atoms with E-state index in [9.17, 15) is 24.5 Å². The molecule has 13 heteroatoms. The average molecular weight is 483 g/mol. The molecule has 2 aromatic rings. The number of ether oxygens (including phenoxy) is 3. The van der Waals surface area contributed by atoms with Gasteiger partial charge in [-0.3, -0.25) is 19.7 Å². The molecule has 0 aliphatic carbocycles. The van der Waals surface area contributed by atoms with Crippen molar-refractivity contribution in [2.75, 3.05) is 13.2 Å². The lowest BCUT2D eigenvalue weighted by Gasteiger charge is -2.36. The highest BCUT2D eigenvalue weighted by Gasteiger charge is 2.40. The Balaban J connectivity index is 1.39. The smallest absolute Gasteiger partial charge is 0.484 e. The van der Waals surface area contributed by atoms with Gasteiger partial charge in [-0.25, -0.2) is 4.79 Å². The molecule has 2 amide bonds. The number of para-hydroxylation sites is 1. The van der Waals surface area contributed by atoms with Crippen LogP contribution < -0.4 is 15.4 Å². The van der Waals surface area contributed by atoms with Gasteiger partial charge in [0, 0.05) is 18.6 Å². The SMILES string of the molecule is [N-]=[N+]=C(OCCC1NC(=O)[C@H]1NC(=O)COc1ccccc1)C(=O)OCc1ccc([N+](=O)[O-])cc1. The highest BCUT2D eigenvalue weighted by molar-refractivity contribution is 6.29. The molecule has 1 unspecified atom stereocenters. The van der Waals surface area contributed by atoms with E-state index in [1.54, 1.807) is 24.3 Å². The molecule has 2 atom stereocenters. The van der Waals surface area contributed by atoms with Crippen molar-refractivity contribution < 1.29 is 38.3 Å². The molecule has 0 bridgehead atoms. The van der Waals surface area contributed by atoms with Gasteiger partial charge in [0.2, 0.25) is 5.91 Å². The minimum Gasteiger partial charge on any atom is -0.484 e. The fourth-order valence-electron chi connectivity index (χ4n) is 3.06. The molecule has 1 aliphatic heterocycles. The predicted molar refractivity (Wildman–Crippen MR) is 118 cm³/mol. The van der Waals surface area contributed by atoms with E-state index < -0.39 is 34.8 Å². The van der Waals surface area contributed by atoms with Crippen LogP contribution in [0.4, 0.5) is 5.69 Å². The van der Waals surface area contributed by atoms with Crippen LogP contribution in [0.15, 0.2) is 54.6 Å². The predicted octanol–water partition coefficient (Wildman–Crippen LogP) is 0.735. The Bertz CT molecular complexity index is 1130. The van der Waals surface area contributed by atoms with Crippen molar-refractivity contribution >= 4 is 29.4 Å². The van der Waals surface area contributed by atoms with E-state index in [1.165, 1.54) is 24.3 Å². The minimum atomic E-state index is -1.05. The second-order valence-corrected chi connectivity index (χ2v) is 7.30. The Hall–Kier alpha value is -4.77. The molecule has 0 aromatic heterocycles. The molecule has 1 fully saturated rings. The average Bonchev–Trinajstić information content (AvgIpc) is 2.87. The molecule has 35 heavy (non-hydrogen) atoms. The Labute approximate surface area is 198 Å². The largest absolute Gasteiger partial charge is 0.561 e. The molecule has 1 heterocycles. The zero-order valence-electron chi connectivity index (χ0n) is 18.3. The zero-order valence-corrected chi connectivity index (χ0v) is 18.3. The molecule has 182 valence electrons. The summed E-state index contributed by atoms with van der Waals surface area (Å²) in [4.78, 5) is 48.8. The summed E-state index contributed by atoms with van der Waals surface area (Å²) in [6.45, 7) is -0.611. The standard InChI is InChI=1S/C22H21N5O8/c23-26-21(22(30)35-12-14-6-8-15(9-7-14)27(31)32)33-11-10-17-19(20(29)24-17)25-18(28)13-34-16-4-2-1-3-5-16/h1-9,17,19H,10-13H2,(H,24,29)(H,25,28)/t17?,19-/m0/s1. The number of nitro groups is 1. The van der Waals surface area contributed by atoms with Crippen molar-refractivity contribution in [1.82, 2.24) is 10.6 Å². The molecule has 1 saturated heterocycles. The normalized spacial score (nSPS) is 16.1. The van der Waals surface area contributed by atoms with Crippen LogP contribution >= 0.6 is 0 Å². The fraction of sp³-hybridized carbons (Fsp3) is 0.273. The molecule has 0 spiro atoms. The Morgan fingerprint density at radius 3 is 2.46 bits per heavy atom. The maximum Gasteiger partial charge on any atom is 0.561 e. The number of amides is 2. The number of carbonyl (C=O) groups is 3. The topological polar surface area (TPSA) is 182 Å². The number of nitrogens with one attached hydrogen (secondary N) is 2. The summed E-state index contributed by atoms with van der Waals surface area (Å²) in [5.41, 5.74) is 9.41. The summed E-state index contributed by atoms with van der Waals surface area (Å²) >= 11 is 0. The Kier molecular flexibility index (Phi) is 8.46. The van der Waals surface area contributed by atoms with Crippen LogP contribution in [0.25, 0.3) is 5.53 Å². The van der Waals surface area contributed by atoms with Gasteiger partial charge in [0.1, 0.15) is 18.4 Å². The third-order valence-electron chi connectivity index (χ3n) is 4.89. The molecule has 13 nitrogen and oxygen atoms in total. The van der Waals surface area contributed by atoms with E-state index in [4.69, 9.17) is 19.7 Å². The van der Waals surface area contributed by atoms with E-state index in [2.05, 4.69) is 15.4 Å². The highest BCUT2D eigenvalue weighted by atomic mass is 16.6. The molecular formula is C22H21N5O8. The number of benzene rings is 2. The fourth-order valence-corrected chi connectivity index (χ4v) is 3.06. The van der Waals surface area contributed by atoms with Gasteiger partial charge in [-0.2, -0.15) is 0 Å². The second-order valence-electron chi connectivity index (χ2n) is 7.30. The van der Waals surface area contributed by atoms with Gasteiger partial charge >= 0.3 is 11.9 Å². The monoisotopic (exact) mass is 483 g/mol. The van der Waals surface area contributed by atoms with Crippen molar-refractivity contribution in [2.24, 2.45) is 0 Å². The summed E-state index contributed by atoms with van der Waals surface area (Å²) in [5.74, 6) is -2.09. The number of non-ortho nitro benzene ring substituents is 1. The van der Waals surface area contributed by atoms with E-state index >= 15 is 0 Å². The van der Waals surface area contributed by atoms with Gasteiger partial charge in [-0.1, -0.05) is 18.2 Å². The van der Waals surface area contributed by atoms with Crippen LogP contribution in [0.2, 0.25) is 0 Å². The lowest BCUT2D eigenvalue weighted by Crippen LogP contribution is -2.69. The van der Waals surface area contributed by atoms with Gasteiger partial charge in [-0.15, -0.1) is 4.79 Å². The quantitative estimate of drug-likeness (QED) is 0.0724. The van der Waals surface area contributed by atoms with Crippen LogP contribution in [-0.2, 0) is 30.5 Å². The van der Waals surface area contributed by atoms with Gasteiger partial charge < -0.3 is 30.4 Å². The van der Waals surface area contributed by atoms with Crippen LogP contribution in [0.3, 0.4) is 0 Å². The first-order chi connectivity index (χ1) is 16.9. The lowest BCUT2D eigenvalue weighted by atomic mass is 9.96. The summed E-state index contributed by atoms with van der Waals surface area (Å²) in [7, 11) is 0. The number of hydrogen-bond acceptors (Lipinski definition) is 8. The molecule has 0 saturated carbocycles. The molecule has 2 N–H and O–H groups in total. The van der Waals surface area contributed by atoms with Crippen LogP contribution in [-0.4, -0.2) is 58.7 Å². The van der Waals surface area contributed by atoms with Crippen LogP contribution in [0, 0.1) is 10.1 Å². The second kappa shape index (κ2) is 11.9. The van der Waals surface area contributed by atoms with Gasteiger partial charge in [0.15, 0.2) is 6.61 Å². The molecule has 1 aliphatic rings. The highest BCUT2D eigenvalue weighted by Crippen LogP contribution is 2.14. The van der Waals surface area contributed by atoms with E-state index in [0.717, 1.165) is 0 Å². The summed E-state index contributed by atoms with van der Waals surface area (Å²) in [6.07, 6.45) is 0.199. The van der Waals surface area contributed by atoms with Gasteiger partial charge in [0.25, 0.3) is 11.6 Å². The summed E-state index contributed by atoms with van der Waals surface area (Å²) in [6, 6.07) is 12.8. The number of β-lactam (4-membered cyclic amide) rings is 1. The molecular weight excluding hydrogens is 462 g/mol. The summed E-state index contributed by atoms with van der Waals surface area (Å²) < 4.78 is 15.4. The maximum absolute atomic E-state index is 12.1. The number of rotatable bonds is 10. The maximum atomic E-state index is 12.1. The van der Waals surface area contributed by atoms with Crippen LogP contribution in [0.1, 0.15) is 12.0 Å². The lowest BCUT2D eigenvalue weighted by molar-refractivity contribution is -0.384. The number of hydrogen-bond donors (Lipinski definition) is 2. The number of esters is 1. The Morgan fingerprint density at radius 1 is 1.11 bits per heavy atom. The van der Waals surface area contributed by atoms with Crippen molar-refractivity contribution in [3.8, 4) is 5.75 Å². The zero-order chi connectivity index (χ0) is 25.2. The first-order valence-electron chi connectivity index (χ1n) is 10.4. The first-order valence-corrected chi connectivity index (χ1v) is 10.4. The van der Waals surface area contributed by atoms with Crippen LogP contribution in [0.5, 0.6) is 5.75 Å². The molecule has 2 aromatic carbocycles. The number of carbonyl (C=O) groups excluding carboxylic acids is 3. The van der Waals surface area contributed by atoms with Gasteiger partial charge in [-0.05, 0) is 29.8 Å². The van der Waals surface area contributed by atoms with Crippen molar-refractivity contribution in [3.05, 3.63) is 75.8 Å².